The van der Waals surface area contributed by atoms with Crippen LogP contribution in [-0.2, 0) is 0 Å². The number of piperazine rings is 1. The van der Waals surface area contributed by atoms with Gasteiger partial charge in [0.15, 0.2) is 17.0 Å². The van der Waals surface area contributed by atoms with Gasteiger partial charge < -0.3 is 35.2 Å². The summed E-state index contributed by atoms with van der Waals surface area (Å²) < 4.78 is 0. The summed E-state index contributed by atoms with van der Waals surface area (Å²) in [5, 5.41) is 6.85. The molecule has 184 valence electrons. The van der Waals surface area contributed by atoms with E-state index in [-0.39, 0.29) is 12.1 Å². The number of anilines is 4. The lowest BCUT2D eigenvalue weighted by Gasteiger charge is -2.37. The van der Waals surface area contributed by atoms with Crippen LogP contribution in [0.4, 0.5) is 27.9 Å². The number of piperidine rings is 1. The SMILES string of the molecule is CN1CCN([C@@H]2CCCN(c3nc(Nc4ccc(N5CCNCC5)cc4)c4nc[nH]c4n3)C2)C1=O. The van der Waals surface area contributed by atoms with Gasteiger partial charge in [-0.3, -0.25) is 0 Å². The van der Waals surface area contributed by atoms with Crippen LogP contribution in [0.3, 0.4) is 0 Å². The van der Waals surface area contributed by atoms with E-state index in [9.17, 15) is 4.79 Å². The van der Waals surface area contributed by atoms with Crippen molar-refractivity contribution in [3.05, 3.63) is 30.6 Å². The lowest BCUT2D eigenvalue weighted by Crippen LogP contribution is -2.49. The Bertz CT molecular complexity index is 1190. The van der Waals surface area contributed by atoms with E-state index in [1.165, 1.54) is 5.69 Å². The number of urea groups is 1. The number of nitrogens with zero attached hydrogens (tertiary/aromatic N) is 7. The summed E-state index contributed by atoms with van der Waals surface area (Å²) in [5.74, 6) is 1.34. The molecular weight excluding hydrogens is 444 g/mol. The largest absolute Gasteiger partial charge is 0.369 e. The fraction of sp³-hybridized carbons (Fsp3) is 0.500. The molecule has 3 fully saturated rings. The Kier molecular flexibility index (Phi) is 5.77. The van der Waals surface area contributed by atoms with E-state index in [4.69, 9.17) is 9.97 Å². The van der Waals surface area contributed by atoms with Crippen LogP contribution in [-0.4, -0.2) is 101 Å². The van der Waals surface area contributed by atoms with E-state index in [0.29, 0.717) is 22.9 Å². The topological polar surface area (TPSA) is 109 Å². The van der Waals surface area contributed by atoms with Crippen molar-refractivity contribution in [3.8, 4) is 0 Å². The number of aromatic nitrogens is 4. The number of H-pyrrole nitrogens is 1. The molecule has 0 unspecified atom stereocenters. The minimum Gasteiger partial charge on any atom is -0.369 e. The molecule has 0 spiro atoms. The van der Waals surface area contributed by atoms with Crippen LogP contribution in [0.15, 0.2) is 30.6 Å². The Morgan fingerprint density at radius 2 is 1.83 bits per heavy atom. The maximum Gasteiger partial charge on any atom is 0.320 e. The second-order valence-corrected chi connectivity index (χ2v) is 9.52. The van der Waals surface area contributed by atoms with Gasteiger partial charge in [-0.1, -0.05) is 0 Å². The van der Waals surface area contributed by atoms with Crippen LogP contribution in [0.1, 0.15) is 12.8 Å². The van der Waals surface area contributed by atoms with E-state index < -0.39 is 0 Å². The molecule has 1 atom stereocenters. The molecular formula is C24H32N10O. The standard InChI is InChI=1S/C24H32N10O/c1-31-13-14-34(24(31)35)19-3-2-10-33(15-19)23-29-21-20(26-16-27-21)22(30-23)28-17-4-6-18(7-5-17)32-11-8-25-9-12-32/h4-7,16,19,25H,2-3,8-15H2,1H3,(H2,26,27,28,29,30)/t19-/m1/s1. The Morgan fingerprint density at radius 1 is 1.00 bits per heavy atom. The zero-order chi connectivity index (χ0) is 23.8. The van der Waals surface area contributed by atoms with Gasteiger partial charge in [-0.2, -0.15) is 9.97 Å². The molecule has 1 aromatic carbocycles. The molecule has 35 heavy (non-hydrogen) atoms. The summed E-state index contributed by atoms with van der Waals surface area (Å²) in [5.41, 5.74) is 3.60. The monoisotopic (exact) mass is 476 g/mol. The molecule has 5 heterocycles. The summed E-state index contributed by atoms with van der Waals surface area (Å²) in [6, 6.07) is 8.77. The van der Waals surface area contributed by atoms with Crippen molar-refractivity contribution in [2.24, 2.45) is 0 Å². The van der Waals surface area contributed by atoms with Gasteiger partial charge in [-0.25, -0.2) is 9.78 Å². The predicted octanol–water partition coefficient (Wildman–Crippen LogP) is 1.84. The summed E-state index contributed by atoms with van der Waals surface area (Å²) >= 11 is 0. The zero-order valence-electron chi connectivity index (χ0n) is 20.1. The van der Waals surface area contributed by atoms with Crippen LogP contribution in [0.25, 0.3) is 11.2 Å². The molecule has 0 saturated carbocycles. The highest BCUT2D eigenvalue weighted by Gasteiger charge is 2.35. The Morgan fingerprint density at radius 3 is 2.60 bits per heavy atom. The van der Waals surface area contributed by atoms with Crippen LogP contribution in [0, 0.1) is 0 Å². The third-order valence-electron chi connectivity index (χ3n) is 7.25. The maximum absolute atomic E-state index is 12.5. The van der Waals surface area contributed by atoms with E-state index in [0.717, 1.165) is 70.9 Å². The normalized spacial score (nSPS) is 21.3. The van der Waals surface area contributed by atoms with Gasteiger partial charge in [-0.05, 0) is 37.1 Å². The molecule has 2 aromatic heterocycles. The highest BCUT2D eigenvalue weighted by atomic mass is 16.2. The zero-order valence-corrected chi connectivity index (χ0v) is 20.1. The number of carbonyl (C=O) groups is 1. The second kappa shape index (κ2) is 9.21. The quantitative estimate of drug-likeness (QED) is 0.512. The van der Waals surface area contributed by atoms with Crippen LogP contribution in [0.5, 0.6) is 0 Å². The van der Waals surface area contributed by atoms with Gasteiger partial charge in [0.1, 0.15) is 0 Å². The van der Waals surface area contributed by atoms with Crippen molar-refractivity contribution in [1.82, 2.24) is 35.1 Å². The molecule has 3 saturated heterocycles. The van der Waals surface area contributed by atoms with Gasteiger partial charge in [0, 0.05) is 70.8 Å². The van der Waals surface area contributed by atoms with E-state index in [2.05, 4.69) is 54.7 Å². The second-order valence-electron chi connectivity index (χ2n) is 9.52. The minimum absolute atomic E-state index is 0.119. The van der Waals surface area contributed by atoms with Gasteiger partial charge in [0.05, 0.1) is 12.4 Å². The Balaban J connectivity index is 1.22. The smallest absolute Gasteiger partial charge is 0.320 e. The number of hydrogen-bond acceptors (Lipinski definition) is 8. The number of likely N-dealkylation sites (N-methyl/N-ethyl adjacent to an activating group) is 1. The van der Waals surface area contributed by atoms with Crippen molar-refractivity contribution in [3.63, 3.8) is 0 Å². The van der Waals surface area contributed by atoms with Crippen molar-refractivity contribution >= 4 is 40.3 Å². The van der Waals surface area contributed by atoms with Gasteiger partial charge in [0.2, 0.25) is 5.95 Å². The number of amides is 2. The Labute approximate surface area is 204 Å². The number of fused-ring (bicyclic) bond motifs is 1. The first kappa shape index (κ1) is 21.9. The summed E-state index contributed by atoms with van der Waals surface area (Å²) in [6.45, 7) is 7.24. The van der Waals surface area contributed by atoms with Crippen LogP contribution in [0.2, 0.25) is 0 Å². The lowest BCUT2D eigenvalue weighted by atomic mass is 10.0. The average Bonchev–Trinajstić information content (AvgIpc) is 3.52. The molecule has 6 rings (SSSR count). The first-order valence-electron chi connectivity index (χ1n) is 12.5. The molecule has 3 N–H and O–H groups in total. The van der Waals surface area contributed by atoms with Crippen molar-refractivity contribution in [2.75, 3.05) is 74.5 Å². The van der Waals surface area contributed by atoms with E-state index in [1.54, 1.807) is 11.2 Å². The highest BCUT2D eigenvalue weighted by molar-refractivity contribution is 5.86. The lowest BCUT2D eigenvalue weighted by molar-refractivity contribution is 0.175. The Hall–Kier alpha value is -3.60. The number of aromatic amines is 1. The number of carbonyl (C=O) groups excluding carboxylic acids is 1. The summed E-state index contributed by atoms with van der Waals surface area (Å²) in [7, 11) is 1.87. The highest BCUT2D eigenvalue weighted by Crippen LogP contribution is 2.28. The maximum atomic E-state index is 12.5. The number of benzene rings is 1. The van der Waals surface area contributed by atoms with Crippen molar-refractivity contribution in [2.45, 2.75) is 18.9 Å². The molecule has 0 bridgehead atoms. The summed E-state index contributed by atoms with van der Waals surface area (Å²) in [4.78, 5) is 38.2. The molecule has 2 amide bonds. The third-order valence-corrected chi connectivity index (χ3v) is 7.25. The van der Waals surface area contributed by atoms with E-state index >= 15 is 0 Å². The molecule has 3 aliphatic rings. The summed E-state index contributed by atoms with van der Waals surface area (Å²) in [6.07, 6.45) is 3.66. The average molecular weight is 477 g/mol. The van der Waals surface area contributed by atoms with Crippen LogP contribution < -0.4 is 20.4 Å². The van der Waals surface area contributed by atoms with Crippen LogP contribution >= 0.6 is 0 Å². The van der Waals surface area contributed by atoms with Gasteiger partial charge in [0.25, 0.3) is 0 Å². The fourth-order valence-electron chi connectivity index (χ4n) is 5.27. The molecule has 11 nitrogen and oxygen atoms in total. The van der Waals surface area contributed by atoms with Gasteiger partial charge in [-0.15, -0.1) is 0 Å². The molecule has 0 radical (unpaired) electrons. The van der Waals surface area contributed by atoms with E-state index in [1.807, 2.05) is 11.9 Å². The number of imidazole rings is 1. The third kappa shape index (κ3) is 4.31. The first-order valence-corrected chi connectivity index (χ1v) is 12.5. The predicted molar refractivity (Wildman–Crippen MR) is 136 cm³/mol. The molecule has 0 aliphatic carbocycles. The van der Waals surface area contributed by atoms with Crippen molar-refractivity contribution < 1.29 is 4.79 Å². The fourth-order valence-corrected chi connectivity index (χ4v) is 5.27. The van der Waals surface area contributed by atoms with Crippen molar-refractivity contribution in [1.29, 1.82) is 0 Å². The molecule has 11 heteroatoms. The number of hydrogen-bond donors (Lipinski definition) is 3. The number of rotatable bonds is 5. The number of nitrogens with one attached hydrogen (secondary N) is 3. The molecule has 3 aromatic rings. The first-order chi connectivity index (χ1) is 17.2. The molecule has 3 aliphatic heterocycles. The minimum atomic E-state index is 0.119. The van der Waals surface area contributed by atoms with Gasteiger partial charge >= 0.3 is 6.03 Å².